The molecule has 0 spiro atoms. The van der Waals surface area contributed by atoms with Crippen LogP contribution in [0.25, 0.3) is 10.9 Å². The molecule has 4 rings (SSSR count). The zero-order valence-electron chi connectivity index (χ0n) is 24.0. The Bertz CT molecular complexity index is 1510. The highest BCUT2D eigenvalue weighted by molar-refractivity contribution is 6.29. The van der Waals surface area contributed by atoms with Crippen molar-refractivity contribution in [2.24, 2.45) is 7.05 Å². The molecule has 40 heavy (non-hydrogen) atoms. The van der Waals surface area contributed by atoms with Gasteiger partial charge in [-0.2, -0.15) is 0 Å². The molecule has 3 heterocycles. The summed E-state index contributed by atoms with van der Waals surface area (Å²) in [6.07, 6.45) is 1.00. The lowest BCUT2D eigenvalue weighted by atomic mass is 9.95. The third kappa shape index (κ3) is 6.22. The van der Waals surface area contributed by atoms with Gasteiger partial charge in [-0.25, -0.2) is 19.6 Å². The van der Waals surface area contributed by atoms with Crippen LogP contribution in [0, 0.1) is 6.92 Å². The number of benzene rings is 1. The molecule has 3 aromatic rings. The maximum absolute atomic E-state index is 13.6. The van der Waals surface area contributed by atoms with Gasteiger partial charge in [-0.1, -0.05) is 17.7 Å². The van der Waals surface area contributed by atoms with Crippen molar-refractivity contribution < 1.29 is 19.1 Å². The molecule has 1 saturated heterocycles. The standard InChI is InChI=1S/C29H36ClN5O5/c1-16-14-19(17(2)31-21-8-9-22(30)32-24(21)27(37)39-7)23-20(15-16)26(36)34(6)25(33-23)18-10-12-35(13-11-18)28(38)40-29(3,4)5/h8-9,14-15,17-18,31H,10-13H2,1-7H3. The van der Waals surface area contributed by atoms with Crippen molar-refractivity contribution >= 4 is 40.3 Å². The van der Waals surface area contributed by atoms with E-state index < -0.39 is 11.6 Å². The van der Waals surface area contributed by atoms with E-state index in [9.17, 15) is 14.4 Å². The van der Waals surface area contributed by atoms with E-state index in [0.717, 1.165) is 11.1 Å². The fraction of sp³-hybridized carbons (Fsp3) is 0.483. The smallest absolute Gasteiger partial charge is 0.410 e. The lowest BCUT2D eigenvalue weighted by molar-refractivity contribution is 0.0202. The number of nitrogens with one attached hydrogen (secondary N) is 1. The molecule has 1 aromatic carbocycles. The van der Waals surface area contributed by atoms with Crippen LogP contribution in [0.15, 0.2) is 29.1 Å². The molecular weight excluding hydrogens is 534 g/mol. The number of piperidine rings is 1. The van der Waals surface area contributed by atoms with Crippen LogP contribution in [0.2, 0.25) is 5.15 Å². The zero-order chi connectivity index (χ0) is 29.4. The minimum absolute atomic E-state index is 0.00426. The van der Waals surface area contributed by atoms with Crippen LogP contribution in [-0.4, -0.2) is 57.3 Å². The van der Waals surface area contributed by atoms with Crippen molar-refractivity contribution in [3.63, 3.8) is 0 Å². The number of rotatable bonds is 5. The number of ether oxygens (including phenoxy) is 2. The Labute approximate surface area is 238 Å². The largest absolute Gasteiger partial charge is 0.464 e. The number of halogens is 1. The number of aryl methyl sites for hydroxylation is 1. The van der Waals surface area contributed by atoms with E-state index in [1.807, 2.05) is 46.8 Å². The summed E-state index contributed by atoms with van der Waals surface area (Å²) in [5.74, 6) is 0.0740. The average Bonchev–Trinajstić information content (AvgIpc) is 2.90. The van der Waals surface area contributed by atoms with Gasteiger partial charge in [0.15, 0.2) is 5.69 Å². The summed E-state index contributed by atoms with van der Waals surface area (Å²) in [5.41, 5.74) is 2.16. The van der Waals surface area contributed by atoms with E-state index in [0.29, 0.717) is 48.3 Å². The van der Waals surface area contributed by atoms with Crippen LogP contribution in [-0.2, 0) is 16.5 Å². The zero-order valence-corrected chi connectivity index (χ0v) is 24.8. The number of hydrogen-bond donors (Lipinski definition) is 1. The molecule has 1 amide bonds. The number of carbonyl (C=O) groups is 2. The van der Waals surface area contributed by atoms with Gasteiger partial charge in [0.1, 0.15) is 16.6 Å². The molecule has 1 atom stereocenters. The Balaban J connectivity index is 1.68. The second kappa shape index (κ2) is 11.4. The number of likely N-dealkylation sites (tertiary alicyclic amines) is 1. The summed E-state index contributed by atoms with van der Waals surface area (Å²) < 4.78 is 12.0. The fourth-order valence-electron chi connectivity index (χ4n) is 5.03. The van der Waals surface area contributed by atoms with Gasteiger partial charge in [-0.05, 0) is 71.2 Å². The summed E-state index contributed by atoms with van der Waals surface area (Å²) >= 11 is 6.03. The van der Waals surface area contributed by atoms with Crippen LogP contribution in [0.4, 0.5) is 10.5 Å². The average molecular weight is 570 g/mol. The van der Waals surface area contributed by atoms with Crippen LogP contribution in [0.1, 0.15) is 79.9 Å². The third-order valence-electron chi connectivity index (χ3n) is 6.98. The number of nitrogens with zero attached hydrogens (tertiary/aromatic N) is 4. The minimum atomic E-state index is -0.613. The van der Waals surface area contributed by atoms with Gasteiger partial charge in [-0.15, -0.1) is 0 Å². The van der Waals surface area contributed by atoms with E-state index in [2.05, 4.69) is 10.3 Å². The summed E-state index contributed by atoms with van der Waals surface area (Å²) in [5, 5.41) is 4.02. The lowest BCUT2D eigenvalue weighted by Crippen LogP contribution is -2.42. The molecule has 1 N–H and O–H groups in total. The number of pyridine rings is 1. The van der Waals surface area contributed by atoms with Gasteiger partial charge in [0.05, 0.1) is 29.7 Å². The van der Waals surface area contributed by atoms with Gasteiger partial charge in [0.2, 0.25) is 0 Å². The first-order valence-electron chi connectivity index (χ1n) is 13.3. The molecule has 0 radical (unpaired) electrons. The van der Waals surface area contributed by atoms with E-state index >= 15 is 0 Å². The molecule has 0 bridgehead atoms. The monoisotopic (exact) mass is 569 g/mol. The Morgan fingerprint density at radius 2 is 1.82 bits per heavy atom. The molecule has 1 aliphatic rings. The molecule has 10 nitrogen and oxygen atoms in total. The molecule has 214 valence electrons. The molecule has 2 aromatic heterocycles. The Kier molecular flexibility index (Phi) is 8.39. The van der Waals surface area contributed by atoms with Gasteiger partial charge < -0.3 is 19.7 Å². The molecule has 0 aliphatic carbocycles. The van der Waals surface area contributed by atoms with Crippen LogP contribution < -0.4 is 10.9 Å². The predicted octanol–water partition coefficient (Wildman–Crippen LogP) is 5.36. The predicted molar refractivity (Wildman–Crippen MR) is 154 cm³/mol. The van der Waals surface area contributed by atoms with Crippen molar-refractivity contribution in [1.82, 2.24) is 19.4 Å². The number of carbonyl (C=O) groups excluding carboxylic acids is 2. The Morgan fingerprint density at radius 3 is 2.45 bits per heavy atom. The maximum atomic E-state index is 13.6. The summed E-state index contributed by atoms with van der Waals surface area (Å²) in [6.45, 7) is 10.4. The number of fused-ring (bicyclic) bond motifs is 1. The number of methoxy groups -OCH3 is 1. The Morgan fingerprint density at radius 1 is 1.15 bits per heavy atom. The highest BCUT2D eigenvalue weighted by atomic mass is 35.5. The number of amides is 1. The quantitative estimate of drug-likeness (QED) is 0.322. The lowest BCUT2D eigenvalue weighted by Gasteiger charge is -2.33. The van der Waals surface area contributed by atoms with Gasteiger partial charge in [0, 0.05) is 31.6 Å². The van der Waals surface area contributed by atoms with Crippen LogP contribution in [0.5, 0.6) is 0 Å². The Hall–Kier alpha value is -3.66. The highest BCUT2D eigenvalue weighted by Gasteiger charge is 2.30. The van der Waals surface area contributed by atoms with Crippen LogP contribution in [0.3, 0.4) is 0 Å². The fourth-order valence-corrected chi connectivity index (χ4v) is 5.17. The highest BCUT2D eigenvalue weighted by Crippen LogP contribution is 2.31. The van der Waals surface area contributed by atoms with Crippen molar-refractivity contribution in [3.8, 4) is 0 Å². The minimum Gasteiger partial charge on any atom is -0.464 e. The normalized spacial score (nSPS) is 15.2. The third-order valence-corrected chi connectivity index (χ3v) is 7.19. The molecule has 1 unspecified atom stereocenters. The van der Waals surface area contributed by atoms with Gasteiger partial charge in [0.25, 0.3) is 5.56 Å². The molecular formula is C29H36ClN5O5. The molecule has 1 aliphatic heterocycles. The first-order valence-corrected chi connectivity index (χ1v) is 13.7. The van der Waals surface area contributed by atoms with E-state index in [1.165, 1.54) is 7.11 Å². The van der Waals surface area contributed by atoms with Crippen LogP contribution >= 0.6 is 11.6 Å². The van der Waals surface area contributed by atoms with E-state index in [1.54, 1.807) is 28.6 Å². The van der Waals surface area contributed by atoms with Gasteiger partial charge >= 0.3 is 12.1 Å². The topological polar surface area (TPSA) is 116 Å². The van der Waals surface area contributed by atoms with Gasteiger partial charge in [-0.3, -0.25) is 9.36 Å². The van der Waals surface area contributed by atoms with Crippen molar-refractivity contribution in [2.45, 2.75) is 65.0 Å². The second-order valence-corrected chi connectivity index (χ2v) is 11.6. The first kappa shape index (κ1) is 29.3. The van der Waals surface area contributed by atoms with Crippen molar-refractivity contribution in [3.05, 3.63) is 62.4 Å². The number of hydrogen-bond acceptors (Lipinski definition) is 8. The number of anilines is 1. The first-order chi connectivity index (χ1) is 18.8. The summed E-state index contributed by atoms with van der Waals surface area (Å²) in [4.78, 5) is 49.3. The number of aromatic nitrogens is 3. The van der Waals surface area contributed by atoms with E-state index in [4.69, 9.17) is 26.1 Å². The number of esters is 1. The maximum Gasteiger partial charge on any atom is 0.410 e. The van der Waals surface area contributed by atoms with Crippen molar-refractivity contribution in [2.75, 3.05) is 25.5 Å². The van der Waals surface area contributed by atoms with Crippen molar-refractivity contribution in [1.29, 1.82) is 0 Å². The molecule has 0 saturated carbocycles. The molecule has 1 fully saturated rings. The summed E-state index contributed by atoms with van der Waals surface area (Å²) in [6, 6.07) is 6.76. The second-order valence-electron chi connectivity index (χ2n) is 11.2. The summed E-state index contributed by atoms with van der Waals surface area (Å²) in [7, 11) is 3.03. The SMILES string of the molecule is COC(=O)c1nc(Cl)ccc1NC(C)c1cc(C)cc2c(=O)n(C)c(C3CCN(C(=O)OC(C)(C)C)CC3)nc12. The van der Waals surface area contributed by atoms with E-state index in [-0.39, 0.29) is 34.5 Å². The molecule has 11 heteroatoms.